The zero-order valence-electron chi connectivity index (χ0n) is 21.2. The second-order valence-corrected chi connectivity index (χ2v) is 12.3. The molecule has 2 N–H and O–H groups in total. The quantitative estimate of drug-likeness (QED) is 0.510. The van der Waals surface area contributed by atoms with Crippen molar-refractivity contribution in [3.63, 3.8) is 0 Å². The lowest BCUT2D eigenvalue weighted by Gasteiger charge is -2.57. The van der Waals surface area contributed by atoms with Crippen LogP contribution in [0.3, 0.4) is 0 Å². The number of carbonyl (C=O) groups is 1. The smallest absolute Gasteiger partial charge is 0.380 e. The van der Waals surface area contributed by atoms with E-state index in [0.717, 1.165) is 44.1 Å². The first-order chi connectivity index (χ1) is 17.0. The highest BCUT2D eigenvalue weighted by Crippen LogP contribution is 2.65. The van der Waals surface area contributed by atoms with E-state index in [4.69, 9.17) is 5.26 Å². The Kier molecular flexibility index (Phi) is 6.42. The molecule has 0 saturated heterocycles. The predicted octanol–water partition coefficient (Wildman–Crippen LogP) is 6.30. The van der Waals surface area contributed by atoms with Crippen molar-refractivity contribution in [1.82, 2.24) is 5.32 Å². The summed E-state index contributed by atoms with van der Waals surface area (Å²) in [5.74, 6) is 1.57. The minimum absolute atomic E-state index is 0.0512. The zero-order chi connectivity index (χ0) is 25.9. The number of nitrogens with zero attached hydrogens (tertiary/aromatic N) is 1. The van der Waals surface area contributed by atoms with E-state index < -0.39 is 11.8 Å². The second kappa shape index (κ2) is 9.04. The molecule has 1 aromatic rings. The summed E-state index contributed by atoms with van der Waals surface area (Å²) < 4.78 is 40.5. The third-order valence-electron chi connectivity index (χ3n) is 10.8. The molecule has 0 aliphatic heterocycles. The van der Waals surface area contributed by atoms with E-state index in [9.17, 15) is 23.1 Å². The van der Waals surface area contributed by atoms with Gasteiger partial charge in [0.2, 0.25) is 5.91 Å². The summed E-state index contributed by atoms with van der Waals surface area (Å²) in [6, 6.07) is 9.28. The fourth-order valence-electron chi connectivity index (χ4n) is 8.81. The van der Waals surface area contributed by atoms with E-state index >= 15 is 0 Å². The monoisotopic (exact) mass is 502 g/mol. The van der Waals surface area contributed by atoms with Crippen molar-refractivity contribution in [3.05, 3.63) is 35.4 Å². The third kappa shape index (κ3) is 4.14. The number of nitriles is 1. The number of hydrogen-bond donors (Lipinski definition) is 2. The number of benzene rings is 1. The first kappa shape index (κ1) is 25.6. The maximum atomic E-state index is 13.5. The van der Waals surface area contributed by atoms with Gasteiger partial charge in [0.25, 0.3) is 0 Å². The van der Waals surface area contributed by atoms with E-state index in [1.54, 1.807) is 12.1 Å². The molecule has 4 nitrogen and oxygen atoms in total. The number of halogens is 3. The summed E-state index contributed by atoms with van der Waals surface area (Å²) in [6.07, 6.45) is 1.01. The lowest BCUT2D eigenvalue weighted by Crippen LogP contribution is -2.55. The second-order valence-electron chi connectivity index (χ2n) is 12.3. The van der Waals surface area contributed by atoms with Gasteiger partial charge in [0.05, 0.1) is 17.7 Å². The number of aliphatic hydroxyl groups is 1. The van der Waals surface area contributed by atoms with Gasteiger partial charge in [-0.3, -0.25) is 4.79 Å². The summed E-state index contributed by atoms with van der Waals surface area (Å²) in [7, 11) is 0. The lowest BCUT2D eigenvalue weighted by molar-refractivity contribution is -0.282. The molecular formula is C29H37F3N2O2. The molecule has 4 aliphatic rings. The van der Waals surface area contributed by atoms with Crippen molar-refractivity contribution >= 4 is 5.91 Å². The maximum absolute atomic E-state index is 13.5. The van der Waals surface area contributed by atoms with Crippen LogP contribution in [0, 0.1) is 52.3 Å². The van der Waals surface area contributed by atoms with Crippen molar-refractivity contribution in [2.45, 2.75) is 89.5 Å². The van der Waals surface area contributed by atoms with Crippen LogP contribution in [0.4, 0.5) is 13.2 Å². The Morgan fingerprint density at radius 3 is 2.42 bits per heavy atom. The lowest BCUT2D eigenvalue weighted by atomic mass is 9.49. The van der Waals surface area contributed by atoms with Crippen molar-refractivity contribution in [2.24, 2.45) is 40.9 Å². The highest BCUT2D eigenvalue weighted by molar-refractivity contribution is 5.80. The van der Waals surface area contributed by atoms with E-state index in [1.807, 2.05) is 19.1 Å². The first-order valence-electron chi connectivity index (χ1n) is 13.6. The molecule has 0 heterocycles. The number of rotatable bonds is 3. The van der Waals surface area contributed by atoms with E-state index in [-0.39, 0.29) is 48.0 Å². The highest BCUT2D eigenvalue weighted by Gasteiger charge is 2.62. The summed E-state index contributed by atoms with van der Waals surface area (Å²) in [5.41, 5.74) is -1.04. The molecule has 4 saturated carbocycles. The average molecular weight is 503 g/mol. The van der Waals surface area contributed by atoms with Crippen LogP contribution >= 0.6 is 0 Å². The Labute approximate surface area is 211 Å². The van der Waals surface area contributed by atoms with Gasteiger partial charge in [-0.2, -0.15) is 18.4 Å². The molecule has 1 aromatic carbocycles. The molecular weight excluding hydrogens is 465 g/mol. The summed E-state index contributed by atoms with van der Waals surface area (Å²) in [5, 5.41) is 22.6. The summed E-state index contributed by atoms with van der Waals surface area (Å²) in [6.45, 7) is 4.24. The number of amides is 1. The highest BCUT2D eigenvalue weighted by atomic mass is 19.4. The van der Waals surface area contributed by atoms with Crippen molar-refractivity contribution in [1.29, 1.82) is 5.26 Å². The Morgan fingerprint density at radius 1 is 1.06 bits per heavy atom. The number of fused-ring (bicyclic) bond motifs is 5. The molecule has 0 aromatic heterocycles. The standard InChI is InChI=1S/C29H37F3N2O2/c1-17(19-5-3-18(16-33)4-6-19)34-26(35)25-10-9-24-23-8-7-20-15-28(36,29(30,31)32)14-12-21(20)22(23)11-13-27(24,25)2/h3-6,17,20-25,36H,7-15H2,1-2H3,(H,34,35)/t17-,20+,21-,22+,23+,24-,25+,27-,28+/m0/s1. The van der Waals surface area contributed by atoms with Crippen LogP contribution in [-0.4, -0.2) is 22.8 Å². The predicted molar refractivity (Wildman–Crippen MR) is 129 cm³/mol. The molecule has 0 bridgehead atoms. The molecule has 196 valence electrons. The van der Waals surface area contributed by atoms with Crippen molar-refractivity contribution < 1.29 is 23.1 Å². The van der Waals surface area contributed by atoms with Gasteiger partial charge in [-0.05, 0) is 117 Å². The van der Waals surface area contributed by atoms with Gasteiger partial charge in [0.15, 0.2) is 5.60 Å². The van der Waals surface area contributed by atoms with Gasteiger partial charge in [0.1, 0.15) is 0 Å². The third-order valence-corrected chi connectivity index (χ3v) is 10.8. The topological polar surface area (TPSA) is 73.1 Å². The average Bonchev–Trinajstić information content (AvgIpc) is 3.20. The minimum atomic E-state index is -4.55. The molecule has 0 spiro atoms. The maximum Gasteiger partial charge on any atom is 0.417 e. The van der Waals surface area contributed by atoms with Gasteiger partial charge >= 0.3 is 6.18 Å². The van der Waals surface area contributed by atoms with Crippen LogP contribution in [0.15, 0.2) is 24.3 Å². The van der Waals surface area contributed by atoms with Crippen LogP contribution in [0.2, 0.25) is 0 Å². The Balaban J connectivity index is 1.26. The molecule has 4 fully saturated rings. The summed E-state index contributed by atoms with van der Waals surface area (Å²) >= 11 is 0. The van der Waals surface area contributed by atoms with Crippen LogP contribution in [0.5, 0.6) is 0 Å². The Hall–Kier alpha value is -2.07. The van der Waals surface area contributed by atoms with Gasteiger partial charge in [0, 0.05) is 5.92 Å². The number of hydrogen-bond acceptors (Lipinski definition) is 3. The van der Waals surface area contributed by atoms with Crippen LogP contribution in [0.1, 0.15) is 88.8 Å². The van der Waals surface area contributed by atoms with Crippen LogP contribution < -0.4 is 5.32 Å². The Bertz CT molecular complexity index is 1030. The first-order valence-corrected chi connectivity index (χ1v) is 13.6. The van der Waals surface area contributed by atoms with E-state index in [2.05, 4.69) is 18.3 Å². The summed E-state index contributed by atoms with van der Waals surface area (Å²) in [4.78, 5) is 13.5. The number of alkyl halides is 3. The van der Waals surface area contributed by atoms with Crippen molar-refractivity contribution in [3.8, 4) is 6.07 Å². The fourth-order valence-corrected chi connectivity index (χ4v) is 8.81. The molecule has 4 aliphatic carbocycles. The largest absolute Gasteiger partial charge is 0.417 e. The molecule has 9 atom stereocenters. The SMILES string of the molecule is C[C@H](NC(=O)[C@H]1CC[C@H]2[C@@H]3CC[C@@H]4C[C@@](O)(C(F)(F)F)CC[C@@H]4[C@H]3CC[C@]12C)c1ccc(C#N)cc1. The molecule has 7 heteroatoms. The molecule has 36 heavy (non-hydrogen) atoms. The van der Waals surface area contributed by atoms with Gasteiger partial charge < -0.3 is 10.4 Å². The zero-order valence-corrected chi connectivity index (χ0v) is 21.2. The van der Waals surface area contributed by atoms with Crippen LogP contribution in [-0.2, 0) is 4.79 Å². The van der Waals surface area contributed by atoms with E-state index in [1.165, 1.54) is 0 Å². The van der Waals surface area contributed by atoms with Gasteiger partial charge in [-0.1, -0.05) is 19.1 Å². The van der Waals surface area contributed by atoms with Gasteiger partial charge in [-0.25, -0.2) is 0 Å². The normalized spacial score (nSPS) is 40.8. The molecule has 5 rings (SSSR count). The number of carbonyl (C=O) groups excluding carboxylic acids is 1. The fraction of sp³-hybridized carbons (Fsp3) is 0.724. The van der Waals surface area contributed by atoms with Crippen LogP contribution in [0.25, 0.3) is 0 Å². The molecule has 1 amide bonds. The van der Waals surface area contributed by atoms with Gasteiger partial charge in [-0.15, -0.1) is 0 Å². The molecule has 0 radical (unpaired) electrons. The van der Waals surface area contributed by atoms with E-state index in [0.29, 0.717) is 29.7 Å². The minimum Gasteiger partial charge on any atom is -0.380 e. The Morgan fingerprint density at radius 2 is 1.75 bits per heavy atom. The van der Waals surface area contributed by atoms with Crippen molar-refractivity contribution in [2.75, 3.05) is 0 Å². The number of nitrogens with one attached hydrogen (secondary N) is 1. The molecule has 0 unspecified atom stereocenters.